The van der Waals surface area contributed by atoms with E-state index in [1.807, 2.05) is 18.2 Å². The van der Waals surface area contributed by atoms with E-state index in [0.717, 1.165) is 44.2 Å². The molecule has 0 amide bonds. The molecule has 0 saturated heterocycles. The van der Waals surface area contributed by atoms with Gasteiger partial charge in [-0.25, -0.2) is 0 Å². The molecule has 3 nitrogen and oxygen atoms in total. The molecule has 1 saturated carbocycles. The first-order valence-corrected chi connectivity index (χ1v) is 7.27. The van der Waals surface area contributed by atoms with E-state index >= 15 is 0 Å². The van der Waals surface area contributed by atoms with Crippen molar-refractivity contribution in [3.8, 4) is 6.07 Å². The van der Waals surface area contributed by atoms with Crippen molar-refractivity contribution < 1.29 is 0 Å². The maximum absolute atomic E-state index is 9.03. The standard InChI is InChI=1S/C16H23N3/c1-2-10-19(15-8-6-14(18)7-9-15)16-5-3-4-13(11-16)12-17/h3-5,11,14-15H,2,6-10,18H2,1H3. The van der Waals surface area contributed by atoms with E-state index in [0.29, 0.717) is 12.1 Å². The van der Waals surface area contributed by atoms with Gasteiger partial charge in [0, 0.05) is 24.3 Å². The van der Waals surface area contributed by atoms with Crippen molar-refractivity contribution in [2.24, 2.45) is 5.73 Å². The number of nitrogens with two attached hydrogens (primary N) is 1. The van der Waals surface area contributed by atoms with Crippen LogP contribution < -0.4 is 10.6 Å². The first-order chi connectivity index (χ1) is 9.24. The Morgan fingerprint density at radius 2 is 2.05 bits per heavy atom. The van der Waals surface area contributed by atoms with Gasteiger partial charge in [-0.3, -0.25) is 0 Å². The lowest BCUT2D eigenvalue weighted by Gasteiger charge is -2.37. The summed E-state index contributed by atoms with van der Waals surface area (Å²) in [7, 11) is 0. The van der Waals surface area contributed by atoms with Crippen LogP contribution in [0.2, 0.25) is 0 Å². The SMILES string of the molecule is CCCN(c1cccc(C#N)c1)C1CCC(N)CC1. The average Bonchev–Trinajstić information content (AvgIpc) is 2.46. The number of nitrogens with zero attached hydrogens (tertiary/aromatic N) is 2. The van der Waals surface area contributed by atoms with Crippen LogP contribution >= 0.6 is 0 Å². The fourth-order valence-corrected chi connectivity index (χ4v) is 2.93. The molecule has 0 aromatic heterocycles. The minimum atomic E-state index is 0.380. The number of hydrogen-bond acceptors (Lipinski definition) is 3. The first kappa shape index (κ1) is 13.9. The van der Waals surface area contributed by atoms with Gasteiger partial charge in [-0.15, -0.1) is 0 Å². The Morgan fingerprint density at radius 1 is 1.32 bits per heavy atom. The van der Waals surface area contributed by atoms with E-state index in [2.05, 4.69) is 24.0 Å². The van der Waals surface area contributed by atoms with E-state index < -0.39 is 0 Å². The van der Waals surface area contributed by atoms with Gasteiger partial charge in [-0.2, -0.15) is 5.26 Å². The zero-order valence-electron chi connectivity index (χ0n) is 11.7. The van der Waals surface area contributed by atoms with Crippen LogP contribution in [0.5, 0.6) is 0 Å². The van der Waals surface area contributed by atoms with E-state index in [1.54, 1.807) is 0 Å². The van der Waals surface area contributed by atoms with E-state index in [1.165, 1.54) is 5.69 Å². The lowest BCUT2D eigenvalue weighted by molar-refractivity contribution is 0.375. The Labute approximate surface area is 116 Å². The Balaban J connectivity index is 2.17. The van der Waals surface area contributed by atoms with E-state index in [4.69, 9.17) is 11.0 Å². The van der Waals surface area contributed by atoms with Crippen LogP contribution in [0.1, 0.15) is 44.6 Å². The van der Waals surface area contributed by atoms with Crippen molar-refractivity contribution in [1.82, 2.24) is 0 Å². The maximum Gasteiger partial charge on any atom is 0.0992 e. The molecule has 0 aliphatic heterocycles. The monoisotopic (exact) mass is 257 g/mol. The second kappa shape index (κ2) is 6.58. The molecule has 2 rings (SSSR count). The van der Waals surface area contributed by atoms with Crippen LogP contribution in [0.4, 0.5) is 5.69 Å². The molecule has 1 aliphatic carbocycles. The minimum Gasteiger partial charge on any atom is -0.369 e. The molecule has 3 heteroatoms. The quantitative estimate of drug-likeness (QED) is 0.902. The van der Waals surface area contributed by atoms with Crippen LogP contribution in [-0.4, -0.2) is 18.6 Å². The van der Waals surface area contributed by atoms with Crippen molar-refractivity contribution in [2.45, 2.75) is 51.1 Å². The molecule has 102 valence electrons. The Kier molecular flexibility index (Phi) is 4.81. The zero-order chi connectivity index (χ0) is 13.7. The Hall–Kier alpha value is -1.53. The molecule has 0 spiro atoms. The summed E-state index contributed by atoms with van der Waals surface area (Å²) in [5, 5.41) is 9.03. The highest BCUT2D eigenvalue weighted by molar-refractivity contribution is 5.52. The van der Waals surface area contributed by atoms with E-state index in [-0.39, 0.29) is 0 Å². The molecule has 1 fully saturated rings. The number of hydrogen-bond donors (Lipinski definition) is 1. The van der Waals surface area contributed by atoms with Crippen LogP contribution in [0.15, 0.2) is 24.3 Å². The van der Waals surface area contributed by atoms with Crippen LogP contribution in [0.25, 0.3) is 0 Å². The molecule has 1 aromatic rings. The second-order valence-electron chi connectivity index (χ2n) is 5.42. The second-order valence-corrected chi connectivity index (χ2v) is 5.42. The van der Waals surface area contributed by atoms with Crippen molar-refractivity contribution >= 4 is 5.69 Å². The van der Waals surface area contributed by atoms with Crippen molar-refractivity contribution in [2.75, 3.05) is 11.4 Å². The predicted molar refractivity (Wildman–Crippen MR) is 79.0 cm³/mol. The molecular formula is C16H23N3. The Bertz CT molecular complexity index is 442. The molecule has 19 heavy (non-hydrogen) atoms. The molecule has 2 N–H and O–H groups in total. The smallest absolute Gasteiger partial charge is 0.0992 e. The summed E-state index contributed by atoms with van der Waals surface area (Å²) in [4.78, 5) is 2.46. The van der Waals surface area contributed by atoms with Gasteiger partial charge in [0.2, 0.25) is 0 Å². The Morgan fingerprint density at radius 3 is 2.68 bits per heavy atom. The number of anilines is 1. The molecular weight excluding hydrogens is 234 g/mol. The summed E-state index contributed by atoms with van der Waals surface area (Å²) in [6.45, 7) is 3.25. The van der Waals surface area contributed by atoms with Gasteiger partial charge in [-0.05, 0) is 50.3 Å². The third kappa shape index (κ3) is 3.48. The molecule has 1 aromatic carbocycles. The third-order valence-corrected chi connectivity index (χ3v) is 3.95. The van der Waals surface area contributed by atoms with Gasteiger partial charge in [-0.1, -0.05) is 13.0 Å². The van der Waals surface area contributed by atoms with Crippen LogP contribution in [0.3, 0.4) is 0 Å². The van der Waals surface area contributed by atoms with Crippen LogP contribution in [-0.2, 0) is 0 Å². The lowest BCUT2D eigenvalue weighted by atomic mass is 9.90. The highest BCUT2D eigenvalue weighted by atomic mass is 15.2. The highest BCUT2D eigenvalue weighted by Gasteiger charge is 2.24. The summed E-state index contributed by atoms with van der Waals surface area (Å²) < 4.78 is 0. The summed E-state index contributed by atoms with van der Waals surface area (Å²) in [5.74, 6) is 0. The van der Waals surface area contributed by atoms with Gasteiger partial charge in [0.05, 0.1) is 11.6 Å². The number of nitriles is 1. The first-order valence-electron chi connectivity index (χ1n) is 7.27. The molecule has 0 atom stereocenters. The topological polar surface area (TPSA) is 53.0 Å². The molecule has 0 heterocycles. The van der Waals surface area contributed by atoms with Gasteiger partial charge < -0.3 is 10.6 Å². The largest absolute Gasteiger partial charge is 0.369 e. The highest BCUT2D eigenvalue weighted by Crippen LogP contribution is 2.27. The molecule has 0 bridgehead atoms. The van der Waals surface area contributed by atoms with Crippen molar-refractivity contribution in [3.05, 3.63) is 29.8 Å². The number of rotatable bonds is 4. The zero-order valence-corrected chi connectivity index (χ0v) is 11.7. The normalized spacial score (nSPS) is 22.8. The third-order valence-electron chi connectivity index (χ3n) is 3.95. The van der Waals surface area contributed by atoms with Gasteiger partial charge >= 0.3 is 0 Å². The summed E-state index contributed by atoms with van der Waals surface area (Å²) in [6, 6.07) is 11.1. The fourth-order valence-electron chi connectivity index (χ4n) is 2.93. The van der Waals surface area contributed by atoms with E-state index in [9.17, 15) is 0 Å². The van der Waals surface area contributed by atoms with Crippen molar-refractivity contribution in [1.29, 1.82) is 5.26 Å². The van der Waals surface area contributed by atoms with Gasteiger partial charge in [0.1, 0.15) is 0 Å². The van der Waals surface area contributed by atoms with Gasteiger partial charge in [0.15, 0.2) is 0 Å². The molecule has 0 unspecified atom stereocenters. The van der Waals surface area contributed by atoms with Gasteiger partial charge in [0.25, 0.3) is 0 Å². The molecule has 1 aliphatic rings. The summed E-state index contributed by atoms with van der Waals surface area (Å²) in [6.07, 6.45) is 5.68. The molecule has 0 radical (unpaired) electrons. The summed E-state index contributed by atoms with van der Waals surface area (Å²) >= 11 is 0. The fraction of sp³-hybridized carbons (Fsp3) is 0.562. The van der Waals surface area contributed by atoms with Crippen LogP contribution in [0, 0.1) is 11.3 Å². The van der Waals surface area contributed by atoms with Crippen molar-refractivity contribution in [3.63, 3.8) is 0 Å². The minimum absolute atomic E-state index is 0.380. The number of benzene rings is 1. The maximum atomic E-state index is 9.03. The summed E-state index contributed by atoms with van der Waals surface area (Å²) in [5.41, 5.74) is 7.92. The average molecular weight is 257 g/mol. The predicted octanol–water partition coefficient (Wildman–Crippen LogP) is 3.04. The lowest BCUT2D eigenvalue weighted by Crippen LogP contribution is -2.41.